The molecule has 0 saturated heterocycles. The molecule has 1 aliphatic heterocycles. The van der Waals surface area contributed by atoms with Crippen LogP contribution in [0, 0.1) is 5.92 Å². The van der Waals surface area contributed by atoms with Gasteiger partial charge in [-0.2, -0.15) is 13.2 Å². The van der Waals surface area contributed by atoms with Gasteiger partial charge < -0.3 is 5.32 Å². The van der Waals surface area contributed by atoms with Crippen LogP contribution in [0.4, 0.5) is 18.3 Å². The van der Waals surface area contributed by atoms with Crippen LogP contribution in [0.15, 0.2) is 53.4 Å². The molecule has 0 radical (unpaired) electrons. The lowest BCUT2D eigenvalue weighted by Gasteiger charge is -2.33. The van der Waals surface area contributed by atoms with Gasteiger partial charge in [-0.25, -0.2) is 13.4 Å². The van der Waals surface area contributed by atoms with Crippen molar-refractivity contribution in [2.45, 2.75) is 56.9 Å². The number of hydrogen-bond acceptors (Lipinski definition) is 6. The number of nitrogens with zero attached hydrogens (tertiary/aromatic N) is 2. The topological polar surface area (TPSA) is 79.4 Å². The van der Waals surface area contributed by atoms with E-state index in [1.165, 1.54) is 35.6 Å². The summed E-state index contributed by atoms with van der Waals surface area (Å²) in [5.74, 6) is -0.0623. The number of thiazole rings is 1. The highest BCUT2D eigenvalue weighted by atomic mass is 32.2. The number of aromatic nitrogens is 1. The first-order chi connectivity index (χ1) is 17.2. The third-order valence-electron chi connectivity index (χ3n) is 6.50. The zero-order chi connectivity index (χ0) is 27.1. The lowest BCUT2D eigenvalue weighted by Crippen LogP contribution is -2.29. The Labute approximate surface area is 218 Å². The summed E-state index contributed by atoms with van der Waals surface area (Å²) in [6.45, 7) is 6.71. The highest BCUT2D eigenvalue weighted by molar-refractivity contribution is 7.90. The molecule has 0 unspecified atom stereocenters. The molecule has 3 aromatic rings. The maximum Gasteiger partial charge on any atom is 0.416 e. The molecule has 1 N–H and O–H groups in total. The van der Waals surface area contributed by atoms with E-state index in [-0.39, 0.29) is 35.2 Å². The minimum absolute atomic E-state index is 0.0438. The smallest absolute Gasteiger partial charge is 0.302 e. The number of carbonyl (C=O) groups is 1. The molecule has 1 aliphatic rings. The summed E-state index contributed by atoms with van der Waals surface area (Å²) in [7, 11) is -3.30. The molecule has 2 aromatic carbocycles. The number of nitrogens with one attached hydrogen (secondary N) is 1. The van der Waals surface area contributed by atoms with Crippen molar-refractivity contribution in [3.05, 3.63) is 75.8 Å². The largest absolute Gasteiger partial charge is 0.416 e. The summed E-state index contributed by atoms with van der Waals surface area (Å²) in [5, 5.41) is 3.34. The molecule has 0 saturated carbocycles. The van der Waals surface area contributed by atoms with Crippen LogP contribution in [0.5, 0.6) is 0 Å². The van der Waals surface area contributed by atoms with E-state index in [9.17, 15) is 26.4 Å². The van der Waals surface area contributed by atoms with Gasteiger partial charge in [-0.15, -0.1) is 11.3 Å². The fourth-order valence-corrected chi connectivity index (χ4v) is 6.26. The second kappa shape index (κ2) is 10.2. The van der Waals surface area contributed by atoms with Gasteiger partial charge in [-0.3, -0.25) is 9.69 Å². The SMILES string of the molecule is CC(C)[C@@H]1c2nc(NC(=O)Cc3ccc(S(C)(=O)=O)cc3)sc2CN1[C@H](C)c1ccc(C(F)(F)F)cc1. The summed E-state index contributed by atoms with van der Waals surface area (Å²) >= 11 is 1.40. The molecule has 0 fully saturated rings. The molecular formula is C26H28F3N3O3S2. The van der Waals surface area contributed by atoms with Crippen molar-refractivity contribution in [3.63, 3.8) is 0 Å². The van der Waals surface area contributed by atoms with Crippen LogP contribution >= 0.6 is 11.3 Å². The van der Waals surface area contributed by atoms with E-state index in [4.69, 9.17) is 4.98 Å². The second-order valence-corrected chi connectivity index (χ2v) is 12.7. The van der Waals surface area contributed by atoms with Gasteiger partial charge in [0.15, 0.2) is 15.0 Å². The Hall–Kier alpha value is -2.76. The molecule has 0 bridgehead atoms. The van der Waals surface area contributed by atoms with Gasteiger partial charge in [0, 0.05) is 23.7 Å². The third-order valence-corrected chi connectivity index (χ3v) is 8.60. The first kappa shape index (κ1) is 27.3. The zero-order valence-electron chi connectivity index (χ0n) is 20.8. The average molecular weight is 552 g/mol. The Morgan fingerprint density at radius 3 is 2.27 bits per heavy atom. The highest BCUT2D eigenvalue weighted by Gasteiger charge is 2.39. The number of hydrogen-bond donors (Lipinski definition) is 1. The Morgan fingerprint density at radius 2 is 1.73 bits per heavy atom. The van der Waals surface area contributed by atoms with Crippen molar-refractivity contribution in [1.29, 1.82) is 0 Å². The monoisotopic (exact) mass is 551 g/mol. The molecular weight excluding hydrogens is 523 g/mol. The third kappa shape index (κ3) is 6.05. The average Bonchev–Trinajstić information content (AvgIpc) is 3.34. The summed E-state index contributed by atoms with van der Waals surface area (Å²) < 4.78 is 62.1. The van der Waals surface area contributed by atoms with Crippen LogP contribution in [0.1, 0.15) is 60.1 Å². The van der Waals surface area contributed by atoms with Gasteiger partial charge in [0.2, 0.25) is 5.91 Å². The van der Waals surface area contributed by atoms with Gasteiger partial charge in [-0.1, -0.05) is 38.1 Å². The van der Waals surface area contributed by atoms with Crippen LogP contribution in [0.3, 0.4) is 0 Å². The van der Waals surface area contributed by atoms with Crippen LogP contribution in [-0.4, -0.2) is 30.5 Å². The fraction of sp³-hybridized carbons (Fsp3) is 0.385. The number of fused-ring (bicyclic) bond motifs is 1. The lowest BCUT2D eigenvalue weighted by molar-refractivity contribution is -0.137. The highest BCUT2D eigenvalue weighted by Crippen LogP contribution is 2.46. The predicted octanol–water partition coefficient (Wildman–Crippen LogP) is 6.02. The first-order valence-corrected chi connectivity index (χ1v) is 14.5. The number of sulfone groups is 1. The van der Waals surface area contributed by atoms with Crippen molar-refractivity contribution >= 4 is 32.2 Å². The van der Waals surface area contributed by atoms with E-state index in [1.807, 2.05) is 6.92 Å². The Balaban J connectivity index is 1.45. The van der Waals surface area contributed by atoms with E-state index in [1.54, 1.807) is 12.1 Å². The molecule has 1 amide bonds. The van der Waals surface area contributed by atoms with E-state index in [2.05, 4.69) is 24.1 Å². The van der Waals surface area contributed by atoms with Gasteiger partial charge in [0.1, 0.15) is 0 Å². The predicted molar refractivity (Wildman–Crippen MR) is 137 cm³/mol. The minimum atomic E-state index is -4.37. The Bertz CT molecular complexity index is 1380. The summed E-state index contributed by atoms with van der Waals surface area (Å²) in [6.07, 6.45) is -3.16. The number of rotatable bonds is 7. The van der Waals surface area contributed by atoms with Crippen LogP contribution in [-0.2, 0) is 33.8 Å². The quantitative estimate of drug-likeness (QED) is 0.389. The van der Waals surface area contributed by atoms with Crippen molar-refractivity contribution in [2.24, 2.45) is 5.92 Å². The van der Waals surface area contributed by atoms with E-state index in [0.29, 0.717) is 17.2 Å². The van der Waals surface area contributed by atoms with Crippen LogP contribution in [0.2, 0.25) is 0 Å². The van der Waals surface area contributed by atoms with E-state index >= 15 is 0 Å². The van der Waals surface area contributed by atoms with Crippen molar-refractivity contribution in [2.75, 3.05) is 11.6 Å². The second-order valence-electron chi connectivity index (χ2n) is 9.63. The Morgan fingerprint density at radius 1 is 1.11 bits per heavy atom. The van der Waals surface area contributed by atoms with Gasteiger partial charge >= 0.3 is 6.18 Å². The number of benzene rings is 2. The van der Waals surface area contributed by atoms with Crippen molar-refractivity contribution in [3.8, 4) is 0 Å². The molecule has 2 atom stereocenters. The normalized spacial score (nSPS) is 17.1. The number of amides is 1. The van der Waals surface area contributed by atoms with Crippen molar-refractivity contribution < 1.29 is 26.4 Å². The van der Waals surface area contributed by atoms with Gasteiger partial charge in [0.25, 0.3) is 0 Å². The molecule has 0 spiro atoms. The zero-order valence-corrected chi connectivity index (χ0v) is 22.5. The first-order valence-electron chi connectivity index (χ1n) is 11.8. The molecule has 2 heterocycles. The molecule has 4 rings (SSSR count). The molecule has 37 heavy (non-hydrogen) atoms. The van der Waals surface area contributed by atoms with Crippen LogP contribution < -0.4 is 5.32 Å². The van der Waals surface area contributed by atoms with Crippen molar-refractivity contribution in [1.82, 2.24) is 9.88 Å². The van der Waals surface area contributed by atoms with E-state index in [0.717, 1.165) is 34.5 Å². The maximum atomic E-state index is 13.0. The van der Waals surface area contributed by atoms with Gasteiger partial charge in [-0.05, 0) is 48.2 Å². The number of carbonyl (C=O) groups excluding carboxylic acids is 1. The molecule has 198 valence electrons. The number of alkyl halides is 3. The summed E-state index contributed by atoms with van der Waals surface area (Å²) in [4.78, 5) is 20.8. The lowest BCUT2D eigenvalue weighted by atomic mass is 9.98. The maximum absolute atomic E-state index is 13.0. The molecule has 6 nitrogen and oxygen atoms in total. The van der Waals surface area contributed by atoms with E-state index < -0.39 is 21.6 Å². The summed E-state index contributed by atoms with van der Waals surface area (Å²) in [5.41, 5.74) is 1.69. The number of halogens is 3. The molecule has 1 aromatic heterocycles. The van der Waals surface area contributed by atoms with Crippen LogP contribution in [0.25, 0.3) is 0 Å². The molecule has 11 heteroatoms. The number of anilines is 1. The Kier molecular flexibility index (Phi) is 7.51. The standard InChI is InChI=1S/C26H28F3N3O3S2/c1-15(2)24-23-21(14-32(24)16(3)18-7-9-19(10-8-18)26(27,28)29)36-25(31-23)30-22(33)13-17-5-11-20(12-6-17)37(4,34)35/h5-12,15-16,24H,13-14H2,1-4H3,(H,30,31,33)/t16-,24-/m1/s1. The van der Waals surface area contributed by atoms with Gasteiger partial charge in [0.05, 0.1) is 28.6 Å². The summed E-state index contributed by atoms with van der Waals surface area (Å²) in [6, 6.07) is 11.3. The fourth-order valence-electron chi connectivity index (χ4n) is 4.60. The molecule has 0 aliphatic carbocycles. The minimum Gasteiger partial charge on any atom is -0.302 e.